The molecule has 0 aliphatic rings. The summed E-state index contributed by atoms with van der Waals surface area (Å²) in [5.41, 5.74) is 5.86. The topological polar surface area (TPSA) is 64.8 Å². The normalized spacial score (nSPS) is 10.7. The zero-order valence-electron chi connectivity index (χ0n) is 11.9. The number of rotatable bonds is 9. The van der Waals surface area contributed by atoms with Crippen molar-refractivity contribution in [2.24, 2.45) is 5.73 Å². The summed E-state index contributed by atoms with van der Waals surface area (Å²) in [7, 11) is 1.56. The summed E-state index contributed by atoms with van der Waals surface area (Å²) >= 11 is 0. The molecule has 1 aromatic rings. The van der Waals surface area contributed by atoms with E-state index in [1.165, 1.54) is 24.3 Å². The first-order valence-corrected chi connectivity index (χ1v) is 6.61. The lowest BCUT2D eigenvalue weighted by atomic mass is 10.2. The van der Waals surface area contributed by atoms with Crippen LogP contribution < -0.4 is 10.5 Å². The van der Waals surface area contributed by atoms with Crippen LogP contribution in [0.1, 0.15) is 16.8 Å². The maximum atomic E-state index is 12.3. The Hall–Kier alpha value is -1.73. The van der Waals surface area contributed by atoms with E-state index in [-0.39, 0.29) is 11.7 Å². The van der Waals surface area contributed by atoms with Crippen LogP contribution in [0.5, 0.6) is 5.75 Å². The van der Waals surface area contributed by atoms with Crippen LogP contribution in [0, 0.1) is 0 Å². The van der Waals surface area contributed by atoms with Crippen molar-refractivity contribution in [3.05, 3.63) is 29.8 Å². The number of ether oxygens (including phenoxy) is 2. The Morgan fingerprint density at radius 1 is 1.29 bits per heavy atom. The quantitative estimate of drug-likeness (QED) is 0.754. The highest BCUT2D eigenvalue weighted by Crippen LogP contribution is 2.16. The summed E-state index contributed by atoms with van der Waals surface area (Å²) < 4.78 is 33.3. The maximum Gasteiger partial charge on any atom is 0.387 e. The van der Waals surface area contributed by atoms with Crippen LogP contribution >= 0.6 is 0 Å². The Balaban J connectivity index is 2.72. The summed E-state index contributed by atoms with van der Waals surface area (Å²) in [6.45, 7) is -1.01. The van der Waals surface area contributed by atoms with Gasteiger partial charge in [-0.05, 0) is 37.2 Å². The second kappa shape index (κ2) is 9.25. The molecule has 0 saturated heterocycles. The number of nitrogens with two attached hydrogens (primary N) is 1. The average Bonchev–Trinajstić information content (AvgIpc) is 2.47. The molecule has 0 heterocycles. The van der Waals surface area contributed by atoms with Crippen LogP contribution in [0.4, 0.5) is 8.78 Å². The van der Waals surface area contributed by atoms with E-state index in [4.69, 9.17) is 10.5 Å². The fourth-order valence-electron chi connectivity index (χ4n) is 1.76. The van der Waals surface area contributed by atoms with Gasteiger partial charge >= 0.3 is 6.61 Å². The molecule has 1 amide bonds. The number of carbonyl (C=O) groups excluding carboxylic acids is 1. The molecule has 0 atom stereocenters. The maximum absolute atomic E-state index is 12.3. The zero-order chi connectivity index (χ0) is 15.7. The summed E-state index contributed by atoms with van der Waals surface area (Å²) in [5, 5.41) is 0. The van der Waals surface area contributed by atoms with Crippen molar-refractivity contribution in [3.8, 4) is 5.75 Å². The molecule has 1 rings (SSSR count). The Morgan fingerprint density at radius 2 is 1.95 bits per heavy atom. The van der Waals surface area contributed by atoms with Gasteiger partial charge in [-0.3, -0.25) is 4.79 Å². The third kappa shape index (κ3) is 6.05. The van der Waals surface area contributed by atoms with Crippen molar-refractivity contribution in [3.63, 3.8) is 0 Å². The van der Waals surface area contributed by atoms with E-state index in [0.29, 0.717) is 38.2 Å². The average molecular weight is 302 g/mol. The molecule has 1 aromatic carbocycles. The summed E-state index contributed by atoms with van der Waals surface area (Å²) in [4.78, 5) is 14.0. The number of alkyl halides is 2. The first kappa shape index (κ1) is 17.3. The first-order valence-electron chi connectivity index (χ1n) is 6.61. The molecule has 5 nitrogen and oxygen atoms in total. The van der Waals surface area contributed by atoms with Crippen LogP contribution in [-0.4, -0.2) is 50.8 Å². The summed E-state index contributed by atoms with van der Waals surface area (Å²) in [6.07, 6.45) is 0.683. The van der Waals surface area contributed by atoms with Crippen molar-refractivity contribution in [2.75, 3.05) is 33.4 Å². The second-order valence-electron chi connectivity index (χ2n) is 4.33. The van der Waals surface area contributed by atoms with E-state index < -0.39 is 6.61 Å². The standard InChI is InChI=1S/C14H20F2N2O3/c1-20-10-9-18(8-2-7-17)13(19)11-3-5-12(6-4-11)21-14(15)16/h3-6,14H,2,7-10,17H2,1H3. The van der Waals surface area contributed by atoms with E-state index in [9.17, 15) is 13.6 Å². The number of methoxy groups -OCH3 is 1. The van der Waals surface area contributed by atoms with Crippen molar-refractivity contribution >= 4 is 5.91 Å². The molecule has 0 fully saturated rings. The smallest absolute Gasteiger partial charge is 0.387 e. The third-order valence-electron chi connectivity index (χ3n) is 2.81. The van der Waals surface area contributed by atoms with Gasteiger partial charge in [0, 0.05) is 25.8 Å². The molecule has 2 N–H and O–H groups in total. The molecular weight excluding hydrogens is 282 g/mol. The van der Waals surface area contributed by atoms with Gasteiger partial charge in [0.2, 0.25) is 0 Å². The lowest BCUT2D eigenvalue weighted by molar-refractivity contribution is -0.0498. The van der Waals surface area contributed by atoms with Gasteiger partial charge < -0.3 is 20.1 Å². The van der Waals surface area contributed by atoms with E-state index in [0.717, 1.165) is 0 Å². The molecule has 118 valence electrons. The Kier molecular flexibility index (Phi) is 7.63. The number of halogens is 2. The molecule has 21 heavy (non-hydrogen) atoms. The fourth-order valence-corrected chi connectivity index (χ4v) is 1.76. The highest BCUT2D eigenvalue weighted by molar-refractivity contribution is 5.94. The zero-order valence-corrected chi connectivity index (χ0v) is 11.9. The van der Waals surface area contributed by atoms with E-state index in [2.05, 4.69) is 4.74 Å². The van der Waals surface area contributed by atoms with Gasteiger partial charge in [0.25, 0.3) is 5.91 Å². The lowest BCUT2D eigenvalue weighted by Crippen LogP contribution is -2.35. The van der Waals surface area contributed by atoms with Crippen LogP contribution in [-0.2, 0) is 4.74 Å². The molecular formula is C14H20F2N2O3. The van der Waals surface area contributed by atoms with Crippen molar-refractivity contribution < 1.29 is 23.0 Å². The third-order valence-corrected chi connectivity index (χ3v) is 2.81. The van der Waals surface area contributed by atoms with Gasteiger partial charge in [-0.2, -0.15) is 8.78 Å². The second-order valence-corrected chi connectivity index (χ2v) is 4.33. The van der Waals surface area contributed by atoms with E-state index in [1.54, 1.807) is 12.0 Å². The largest absolute Gasteiger partial charge is 0.435 e. The number of benzene rings is 1. The van der Waals surface area contributed by atoms with Gasteiger partial charge in [0.1, 0.15) is 5.75 Å². The van der Waals surface area contributed by atoms with Gasteiger partial charge in [-0.25, -0.2) is 0 Å². The van der Waals surface area contributed by atoms with Gasteiger partial charge in [0.05, 0.1) is 6.61 Å². The number of hydrogen-bond donors (Lipinski definition) is 1. The highest BCUT2D eigenvalue weighted by Gasteiger charge is 2.15. The van der Waals surface area contributed by atoms with Crippen LogP contribution in [0.25, 0.3) is 0 Å². The van der Waals surface area contributed by atoms with Gasteiger partial charge in [-0.15, -0.1) is 0 Å². The molecule has 0 saturated carbocycles. The Morgan fingerprint density at radius 3 is 2.48 bits per heavy atom. The van der Waals surface area contributed by atoms with E-state index in [1.807, 2.05) is 0 Å². The predicted molar refractivity (Wildman–Crippen MR) is 74.5 cm³/mol. The van der Waals surface area contributed by atoms with Gasteiger partial charge in [0.15, 0.2) is 0 Å². The number of amides is 1. The van der Waals surface area contributed by atoms with Crippen molar-refractivity contribution in [1.29, 1.82) is 0 Å². The monoisotopic (exact) mass is 302 g/mol. The molecule has 0 aromatic heterocycles. The predicted octanol–water partition coefficient (Wildman–Crippen LogP) is 1.73. The minimum absolute atomic E-state index is 0.0203. The fraction of sp³-hybridized carbons (Fsp3) is 0.500. The summed E-state index contributed by atoms with van der Waals surface area (Å²) in [5.74, 6) is -0.170. The van der Waals surface area contributed by atoms with Crippen LogP contribution in [0.2, 0.25) is 0 Å². The Bertz CT molecular complexity index is 419. The minimum atomic E-state index is -2.88. The van der Waals surface area contributed by atoms with Gasteiger partial charge in [-0.1, -0.05) is 0 Å². The molecule has 0 aliphatic heterocycles. The van der Waals surface area contributed by atoms with Crippen LogP contribution in [0.3, 0.4) is 0 Å². The number of nitrogens with zero attached hydrogens (tertiary/aromatic N) is 1. The molecule has 0 radical (unpaired) electrons. The minimum Gasteiger partial charge on any atom is -0.435 e. The van der Waals surface area contributed by atoms with Crippen molar-refractivity contribution in [2.45, 2.75) is 13.0 Å². The molecule has 0 spiro atoms. The van der Waals surface area contributed by atoms with E-state index >= 15 is 0 Å². The lowest BCUT2D eigenvalue weighted by Gasteiger charge is -2.22. The molecule has 7 heteroatoms. The molecule has 0 unspecified atom stereocenters. The van der Waals surface area contributed by atoms with Crippen LogP contribution in [0.15, 0.2) is 24.3 Å². The first-order chi connectivity index (χ1) is 10.1. The number of hydrogen-bond acceptors (Lipinski definition) is 4. The SMILES string of the molecule is COCCN(CCCN)C(=O)c1ccc(OC(F)F)cc1. The molecule has 0 aliphatic carbocycles. The van der Waals surface area contributed by atoms with Crippen molar-refractivity contribution in [1.82, 2.24) is 4.90 Å². The Labute approximate surface area is 122 Å². The summed E-state index contributed by atoms with van der Waals surface area (Å²) in [6, 6.07) is 5.61. The number of carbonyl (C=O) groups is 1. The molecule has 0 bridgehead atoms. The highest BCUT2D eigenvalue weighted by atomic mass is 19.3.